The van der Waals surface area contributed by atoms with Crippen molar-refractivity contribution in [3.8, 4) is 5.82 Å². The van der Waals surface area contributed by atoms with Gasteiger partial charge in [0, 0.05) is 31.9 Å². The van der Waals surface area contributed by atoms with E-state index in [4.69, 9.17) is 0 Å². The number of para-hydroxylation sites is 1. The number of benzene rings is 1. The summed E-state index contributed by atoms with van der Waals surface area (Å²) in [7, 11) is 0. The highest BCUT2D eigenvalue weighted by atomic mass is 16.2. The Bertz CT molecular complexity index is 924. The average Bonchev–Trinajstić information content (AvgIpc) is 3.13. The predicted octanol–water partition coefficient (Wildman–Crippen LogP) is 2.32. The van der Waals surface area contributed by atoms with Crippen LogP contribution in [0.25, 0.3) is 5.82 Å². The second kappa shape index (κ2) is 7.57. The smallest absolute Gasteiger partial charge is 0.272 e. The number of rotatable bonds is 3. The van der Waals surface area contributed by atoms with Gasteiger partial charge in [-0.25, -0.2) is 4.98 Å². The Labute approximate surface area is 158 Å². The topological polar surface area (TPSA) is 67.2 Å². The molecule has 7 heteroatoms. The van der Waals surface area contributed by atoms with Crippen LogP contribution >= 0.6 is 0 Å². The summed E-state index contributed by atoms with van der Waals surface area (Å²) in [6.07, 6.45) is 4.08. The number of anilines is 1. The van der Waals surface area contributed by atoms with Crippen molar-refractivity contribution in [2.24, 2.45) is 0 Å². The van der Waals surface area contributed by atoms with Gasteiger partial charge in [0.2, 0.25) is 0 Å². The normalized spacial score (nSPS) is 14.9. The van der Waals surface area contributed by atoms with E-state index in [0.717, 1.165) is 26.1 Å². The Morgan fingerprint density at radius 2 is 1.74 bits per heavy atom. The predicted molar refractivity (Wildman–Crippen MR) is 103 cm³/mol. The lowest BCUT2D eigenvalue weighted by Crippen LogP contribution is -2.35. The van der Waals surface area contributed by atoms with Gasteiger partial charge < -0.3 is 9.80 Å². The first kappa shape index (κ1) is 17.2. The van der Waals surface area contributed by atoms with Gasteiger partial charge in [-0.1, -0.05) is 24.3 Å². The zero-order valence-corrected chi connectivity index (χ0v) is 15.3. The van der Waals surface area contributed by atoms with Crippen molar-refractivity contribution in [3.63, 3.8) is 0 Å². The fourth-order valence-corrected chi connectivity index (χ4v) is 3.45. The maximum Gasteiger partial charge on any atom is 0.272 e. The number of carbonyl (C=O) groups excluding carboxylic acids is 1. The van der Waals surface area contributed by atoms with Gasteiger partial charge in [0.15, 0.2) is 0 Å². The molecule has 0 unspecified atom stereocenters. The minimum Gasteiger partial charge on any atom is -0.369 e. The third-order valence-electron chi connectivity index (χ3n) is 4.88. The molecule has 1 aromatic carbocycles. The van der Waals surface area contributed by atoms with Gasteiger partial charge in [0.05, 0.1) is 0 Å². The van der Waals surface area contributed by atoms with E-state index in [1.54, 1.807) is 23.3 Å². The number of pyridine rings is 1. The van der Waals surface area contributed by atoms with Crippen molar-refractivity contribution in [2.75, 3.05) is 31.1 Å². The molecule has 1 aliphatic heterocycles. The van der Waals surface area contributed by atoms with Gasteiger partial charge in [-0.15, -0.1) is 10.2 Å². The van der Waals surface area contributed by atoms with Crippen LogP contribution in [0.3, 0.4) is 0 Å². The highest BCUT2D eigenvalue weighted by Gasteiger charge is 2.22. The SMILES string of the molecule is Cc1ccccc1N1CCCN(C(=O)c2cccc(-n3cnnc3)n2)CC1. The molecule has 3 heterocycles. The highest BCUT2D eigenvalue weighted by Crippen LogP contribution is 2.21. The molecule has 7 nitrogen and oxygen atoms in total. The zero-order chi connectivity index (χ0) is 18.6. The zero-order valence-electron chi connectivity index (χ0n) is 15.3. The minimum atomic E-state index is -0.0310. The number of aryl methyl sites for hydroxylation is 1. The second-order valence-corrected chi connectivity index (χ2v) is 6.67. The first-order chi connectivity index (χ1) is 13.2. The van der Waals surface area contributed by atoms with Gasteiger partial charge >= 0.3 is 0 Å². The molecule has 0 radical (unpaired) electrons. The largest absolute Gasteiger partial charge is 0.369 e. The molecule has 27 heavy (non-hydrogen) atoms. The molecule has 138 valence electrons. The molecule has 0 atom stereocenters. The number of hydrogen-bond acceptors (Lipinski definition) is 5. The molecular weight excluding hydrogens is 340 g/mol. The third-order valence-corrected chi connectivity index (χ3v) is 4.88. The summed E-state index contributed by atoms with van der Waals surface area (Å²) in [6.45, 7) is 5.32. The van der Waals surface area contributed by atoms with E-state index >= 15 is 0 Å². The standard InChI is InChI=1S/C20H22N6O/c1-16-6-2-3-8-18(16)24-10-5-11-25(13-12-24)20(27)17-7-4-9-19(23-17)26-14-21-22-15-26/h2-4,6-9,14-15H,5,10-13H2,1H3. The van der Waals surface area contributed by atoms with Crippen molar-refractivity contribution < 1.29 is 4.79 Å². The Morgan fingerprint density at radius 3 is 2.56 bits per heavy atom. The maximum atomic E-state index is 13.0. The average molecular weight is 362 g/mol. The molecule has 1 fully saturated rings. The molecular formula is C20H22N6O. The van der Waals surface area contributed by atoms with Gasteiger partial charge in [-0.2, -0.15) is 0 Å². The van der Waals surface area contributed by atoms with Crippen LogP contribution in [-0.2, 0) is 0 Å². The number of carbonyl (C=O) groups is 1. The Balaban J connectivity index is 1.49. The van der Waals surface area contributed by atoms with E-state index in [1.165, 1.54) is 11.3 Å². The second-order valence-electron chi connectivity index (χ2n) is 6.67. The van der Waals surface area contributed by atoms with Crippen molar-refractivity contribution in [2.45, 2.75) is 13.3 Å². The number of nitrogens with zero attached hydrogens (tertiary/aromatic N) is 6. The summed E-state index contributed by atoms with van der Waals surface area (Å²) >= 11 is 0. The molecule has 1 amide bonds. The van der Waals surface area contributed by atoms with Gasteiger partial charge in [-0.3, -0.25) is 9.36 Å². The van der Waals surface area contributed by atoms with Crippen LogP contribution in [-0.4, -0.2) is 56.7 Å². The molecule has 0 bridgehead atoms. The van der Waals surface area contributed by atoms with Crippen molar-refractivity contribution >= 4 is 11.6 Å². The summed E-state index contributed by atoms with van der Waals surface area (Å²) in [4.78, 5) is 21.7. The highest BCUT2D eigenvalue weighted by molar-refractivity contribution is 5.92. The van der Waals surface area contributed by atoms with E-state index in [0.29, 0.717) is 18.1 Å². The number of amides is 1. The third kappa shape index (κ3) is 3.67. The molecule has 2 aromatic heterocycles. The quantitative estimate of drug-likeness (QED) is 0.715. The van der Waals surface area contributed by atoms with Crippen molar-refractivity contribution in [1.29, 1.82) is 0 Å². The van der Waals surface area contributed by atoms with Crippen LogP contribution in [0.1, 0.15) is 22.5 Å². The maximum absolute atomic E-state index is 13.0. The van der Waals surface area contributed by atoms with Gasteiger partial charge in [-0.05, 0) is 37.1 Å². The molecule has 4 rings (SSSR count). The van der Waals surface area contributed by atoms with Crippen LogP contribution in [0, 0.1) is 6.92 Å². The number of hydrogen-bond donors (Lipinski definition) is 0. The lowest BCUT2D eigenvalue weighted by atomic mass is 10.2. The minimum absolute atomic E-state index is 0.0310. The molecule has 1 saturated heterocycles. The van der Waals surface area contributed by atoms with E-state index in [1.807, 2.05) is 17.0 Å². The lowest BCUT2D eigenvalue weighted by Gasteiger charge is -2.25. The summed E-state index contributed by atoms with van der Waals surface area (Å²) in [6, 6.07) is 13.8. The van der Waals surface area contributed by atoms with Crippen LogP contribution in [0.4, 0.5) is 5.69 Å². The number of aromatic nitrogens is 4. The fourth-order valence-electron chi connectivity index (χ4n) is 3.45. The van der Waals surface area contributed by atoms with Crippen molar-refractivity contribution in [1.82, 2.24) is 24.6 Å². The molecule has 3 aromatic rings. The van der Waals surface area contributed by atoms with Crippen LogP contribution in [0.15, 0.2) is 55.1 Å². The van der Waals surface area contributed by atoms with E-state index in [-0.39, 0.29) is 5.91 Å². The Morgan fingerprint density at radius 1 is 0.926 bits per heavy atom. The molecule has 0 N–H and O–H groups in total. The van der Waals surface area contributed by atoms with Gasteiger partial charge in [0.25, 0.3) is 5.91 Å². The molecule has 0 saturated carbocycles. The van der Waals surface area contributed by atoms with E-state index in [9.17, 15) is 4.79 Å². The summed E-state index contributed by atoms with van der Waals surface area (Å²) in [5.41, 5.74) is 2.96. The lowest BCUT2D eigenvalue weighted by molar-refractivity contribution is 0.0761. The first-order valence-electron chi connectivity index (χ1n) is 9.14. The van der Waals surface area contributed by atoms with E-state index < -0.39 is 0 Å². The van der Waals surface area contributed by atoms with Crippen LogP contribution in [0.2, 0.25) is 0 Å². The van der Waals surface area contributed by atoms with Crippen LogP contribution < -0.4 is 4.90 Å². The van der Waals surface area contributed by atoms with E-state index in [2.05, 4.69) is 51.3 Å². The monoisotopic (exact) mass is 362 g/mol. The van der Waals surface area contributed by atoms with Crippen LogP contribution in [0.5, 0.6) is 0 Å². The summed E-state index contributed by atoms with van der Waals surface area (Å²) in [5.74, 6) is 0.610. The first-order valence-corrected chi connectivity index (χ1v) is 9.14. The molecule has 0 aliphatic carbocycles. The molecule has 1 aliphatic rings. The Kier molecular flexibility index (Phi) is 4.82. The van der Waals surface area contributed by atoms with Gasteiger partial charge in [0.1, 0.15) is 24.2 Å². The summed E-state index contributed by atoms with van der Waals surface area (Å²) in [5, 5.41) is 7.58. The Hall–Kier alpha value is -3.22. The van der Waals surface area contributed by atoms with Crippen molar-refractivity contribution in [3.05, 3.63) is 66.4 Å². The summed E-state index contributed by atoms with van der Waals surface area (Å²) < 4.78 is 1.69. The fraction of sp³-hybridized carbons (Fsp3) is 0.300. The molecule has 0 spiro atoms.